The number of allylic oxidation sites excluding steroid dienone is 3. The van der Waals surface area contributed by atoms with Crippen molar-refractivity contribution in [1.29, 1.82) is 10.5 Å². The van der Waals surface area contributed by atoms with E-state index in [9.17, 15) is 10.5 Å². The first-order valence-electron chi connectivity index (χ1n) is 10.0. The minimum atomic E-state index is -0.664. The third-order valence-electron chi connectivity index (χ3n) is 5.35. The van der Waals surface area contributed by atoms with Gasteiger partial charge in [0.2, 0.25) is 0 Å². The van der Waals surface area contributed by atoms with Crippen LogP contribution in [-0.2, 0) is 10.3 Å². The minimum absolute atomic E-state index is 0.118. The molecule has 0 amide bonds. The van der Waals surface area contributed by atoms with Gasteiger partial charge in [0.05, 0.1) is 0 Å². The predicted molar refractivity (Wildman–Crippen MR) is 121 cm³/mol. The van der Waals surface area contributed by atoms with E-state index in [2.05, 4.69) is 12.1 Å². The Hall–Kier alpha value is -4.28. The number of nitrogens with zero attached hydrogens (tertiary/aromatic N) is 3. The molecule has 1 aromatic heterocycles. The zero-order chi connectivity index (χ0) is 21.7. The van der Waals surface area contributed by atoms with Crippen LogP contribution < -0.4 is 0 Å². The lowest BCUT2D eigenvalue weighted by atomic mass is 9.85. The van der Waals surface area contributed by atoms with Crippen LogP contribution in [-0.4, -0.2) is 4.57 Å². The van der Waals surface area contributed by atoms with Crippen molar-refractivity contribution in [3.63, 3.8) is 0 Å². The summed E-state index contributed by atoms with van der Waals surface area (Å²) in [6, 6.07) is 26.1. The molecule has 1 aliphatic heterocycles. The maximum absolute atomic E-state index is 9.40. The van der Waals surface area contributed by atoms with Gasteiger partial charge in [0.1, 0.15) is 29.1 Å². The molecule has 0 bridgehead atoms. The van der Waals surface area contributed by atoms with E-state index in [1.165, 1.54) is 0 Å². The van der Waals surface area contributed by atoms with Gasteiger partial charge in [-0.1, -0.05) is 48.5 Å². The van der Waals surface area contributed by atoms with E-state index < -0.39 is 5.60 Å². The molecule has 0 radical (unpaired) electrons. The Bertz CT molecular complexity index is 1220. The van der Waals surface area contributed by atoms with Gasteiger partial charge in [-0.05, 0) is 60.0 Å². The lowest BCUT2D eigenvalue weighted by Gasteiger charge is -2.35. The van der Waals surface area contributed by atoms with Gasteiger partial charge in [-0.3, -0.25) is 0 Å². The van der Waals surface area contributed by atoms with Gasteiger partial charge in [0.15, 0.2) is 0 Å². The summed E-state index contributed by atoms with van der Waals surface area (Å²) in [5.41, 5.74) is 3.25. The molecule has 0 saturated heterocycles. The Morgan fingerprint density at radius 1 is 0.935 bits per heavy atom. The second kappa shape index (κ2) is 8.61. The normalized spacial score (nSPS) is 18.0. The molecule has 31 heavy (non-hydrogen) atoms. The van der Waals surface area contributed by atoms with E-state index in [0.29, 0.717) is 17.8 Å². The number of rotatable bonds is 4. The average molecular weight is 403 g/mol. The van der Waals surface area contributed by atoms with Gasteiger partial charge in [0, 0.05) is 24.5 Å². The number of aromatic nitrogens is 1. The van der Waals surface area contributed by atoms with Crippen molar-refractivity contribution in [2.45, 2.75) is 18.9 Å². The maximum atomic E-state index is 9.40. The first-order valence-corrected chi connectivity index (χ1v) is 10.0. The molecule has 2 heterocycles. The molecule has 0 aliphatic carbocycles. The summed E-state index contributed by atoms with van der Waals surface area (Å²) in [4.78, 5) is 0. The van der Waals surface area contributed by atoms with Crippen LogP contribution in [0.5, 0.6) is 0 Å². The summed E-state index contributed by atoms with van der Waals surface area (Å²) < 4.78 is 8.40. The Morgan fingerprint density at radius 2 is 1.61 bits per heavy atom. The minimum Gasteiger partial charge on any atom is -0.483 e. The number of benzene rings is 2. The third-order valence-corrected chi connectivity index (χ3v) is 5.35. The van der Waals surface area contributed by atoms with E-state index in [-0.39, 0.29) is 5.57 Å². The highest BCUT2D eigenvalue weighted by molar-refractivity contribution is 5.56. The van der Waals surface area contributed by atoms with Crippen molar-refractivity contribution in [1.82, 2.24) is 4.57 Å². The van der Waals surface area contributed by atoms with E-state index >= 15 is 0 Å². The smallest absolute Gasteiger partial charge is 0.135 e. The quantitative estimate of drug-likeness (QED) is 0.498. The molecule has 150 valence electrons. The summed E-state index contributed by atoms with van der Waals surface area (Å²) in [7, 11) is 0. The number of nitriles is 2. The highest BCUT2D eigenvalue weighted by atomic mass is 16.5. The van der Waals surface area contributed by atoms with Gasteiger partial charge in [0.25, 0.3) is 0 Å². The summed E-state index contributed by atoms with van der Waals surface area (Å²) in [5.74, 6) is 0.616. The van der Waals surface area contributed by atoms with Crippen LogP contribution in [0.15, 0.2) is 108 Å². The molecule has 1 aliphatic rings. The number of ether oxygens (including phenoxy) is 1. The van der Waals surface area contributed by atoms with Crippen molar-refractivity contribution in [3.05, 3.63) is 119 Å². The zero-order valence-corrected chi connectivity index (χ0v) is 17.2. The molecule has 0 N–H and O–H groups in total. The highest BCUT2D eigenvalue weighted by Gasteiger charge is 2.34. The Morgan fingerprint density at radius 3 is 2.26 bits per heavy atom. The second-order valence-electron chi connectivity index (χ2n) is 7.56. The monoisotopic (exact) mass is 403 g/mol. The third kappa shape index (κ3) is 4.34. The predicted octanol–water partition coefficient (Wildman–Crippen LogP) is 6.05. The number of hydrogen-bond acceptors (Lipinski definition) is 3. The lowest BCUT2D eigenvalue weighted by Crippen LogP contribution is -2.29. The highest BCUT2D eigenvalue weighted by Crippen LogP contribution is 2.40. The molecule has 0 spiro atoms. The summed E-state index contributed by atoms with van der Waals surface area (Å²) in [5, 5.41) is 18.8. The van der Waals surface area contributed by atoms with Crippen LogP contribution >= 0.6 is 0 Å². The van der Waals surface area contributed by atoms with Crippen LogP contribution in [0.25, 0.3) is 11.8 Å². The molecular weight excluding hydrogens is 382 g/mol. The summed E-state index contributed by atoms with van der Waals surface area (Å²) in [6.45, 7) is 1.99. The first kappa shape index (κ1) is 20.0. The molecule has 4 rings (SSSR count). The first-order chi connectivity index (χ1) is 15.1. The molecule has 4 nitrogen and oxygen atoms in total. The van der Waals surface area contributed by atoms with Crippen molar-refractivity contribution in [3.8, 4) is 17.8 Å². The van der Waals surface area contributed by atoms with Crippen LogP contribution in [0.2, 0.25) is 0 Å². The Labute approximate surface area is 182 Å². The van der Waals surface area contributed by atoms with Crippen molar-refractivity contribution < 1.29 is 4.74 Å². The molecule has 3 aromatic rings. The van der Waals surface area contributed by atoms with Gasteiger partial charge in [-0.2, -0.15) is 10.5 Å². The van der Waals surface area contributed by atoms with Crippen LogP contribution in [0.1, 0.15) is 24.5 Å². The van der Waals surface area contributed by atoms with Crippen molar-refractivity contribution in [2.24, 2.45) is 0 Å². The van der Waals surface area contributed by atoms with Crippen LogP contribution in [0.3, 0.4) is 0 Å². The SMILES string of the molecule is CC1(c2ccccc2)CC(=C(C#N)C#N)C=C(/C=C/c2ccc(-n3cccc3)cc2)O1. The van der Waals surface area contributed by atoms with Crippen molar-refractivity contribution >= 4 is 6.08 Å². The molecule has 4 heteroatoms. The molecular formula is C27H21N3O. The van der Waals surface area contributed by atoms with Gasteiger partial charge >= 0.3 is 0 Å². The van der Waals surface area contributed by atoms with Gasteiger partial charge in [-0.25, -0.2) is 0 Å². The van der Waals surface area contributed by atoms with Crippen LogP contribution in [0.4, 0.5) is 0 Å². The molecule has 0 fully saturated rings. The average Bonchev–Trinajstić information content (AvgIpc) is 3.34. The summed E-state index contributed by atoms with van der Waals surface area (Å²) in [6.07, 6.45) is 10.1. The van der Waals surface area contributed by atoms with Gasteiger partial charge < -0.3 is 9.30 Å². The van der Waals surface area contributed by atoms with Crippen molar-refractivity contribution in [2.75, 3.05) is 0 Å². The van der Waals surface area contributed by atoms with Gasteiger partial charge in [-0.15, -0.1) is 0 Å². The fourth-order valence-electron chi connectivity index (χ4n) is 3.72. The fraction of sp³-hybridized carbons (Fsp3) is 0.111. The molecule has 2 aromatic carbocycles. The Balaban J connectivity index is 1.65. The summed E-state index contributed by atoms with van der Waals surface area (Å²) >= 11 is 0. The van der Waals surface area contributed by atoms with E-state index in [4.69, 9.17) is 4.74 Å². The van der Waals surface area contributed by atoms with E-state index in [1.54, 1.807) is 6.08 Å². The van der Waals surface area contributed by atoms with E-state index in [0.717, 1.165) is 16.8 Å². The fourth-order valence-corrected chi connectivity index (χ4v) is 3.72. The lowest BCUT2D eigenvalue weighted by molar-refractivity contribution is 0.0144. The van der Waals surface area contributed by atoms with E-state index in [1.807, 2.05) is 103 Å². The Kier molecular flexibility index (Phi) is 5.56. The zero-order valence-electron chi connectivity index (χ0n) is 17.2. The molecule has 0 saturated carbocycles. The standard InChI is InChI=1S/C27H21N3O/c1-27(24-7-3-2-4-8-24)18-22(23(19-28)20-29)17-26(31-27)14-11-21-9-12-25(13-10-21)30-15-5-6-16-30/h2-17H,18H2,1H3/b14-11+. The second-order valence-corrected chi connectivity index (χ2v) is 7.56. The largest absolute Gasteiger partial charge is 0.483 e. The maximum Gasteiger partial charge on any atom is 0.135 e. The number of hydrogen-bond donors (Lipinski definition) is 0. The molecule has 1 unspecified atom stereocenters. The topological polar surface area (TPSA) is 61.7 Å². The van der Waals surface area contributed by atoms with Crippen LogP contribution in [0, 0.1) is 22.7 Å². The molecule has 1 atom stereocenters.